The standard InChI is InChI=1S/C13H25NO3/c1-8(2)7-17-11-6-10(13(11,4)5)14-9(3)12(15)16/h8-11,14H,6-7H2,1-5H3,(H,15,16). The van der Waals surface area contributed by atoms with Gasteiger partial charge in [0, 0.05) is 18.1 Å². The first-order chi connectivity index (χ1) is 7.75. The lowest BCUT2D eigenvalue weighted by Gasteiger charge is -2.52. The average molecular weight is 243 g/mol. The summed E-state index contributed by atoms with van der Waals surface area (Å²) in [5.41, 5.74) is 0.0125. The summed E-state index contributed by atoms with van der Waals surface area (Å²) in [7, 11) is 0. The Morgan fingerprint density at radius 1 is 1.47 bits per heavy atom. The molecule has 3 unspecified atom stereocenters. The van der Waals surface area contributed by atoms with Gasteiger partial charge in [0.05, 0.1) is 6.10 Å². The Morgan fingerprint density at radius 3 is 2.47 bits per heavy atom. The minimum Gasteiger partial charge on any atom is -0.480 e. The molecule has 17 heavy (non-hydrogen) atoms. The summed E-state index contributed by atoms with van der Waals surface area (Å²) < 4.78 is 5.84. The van der Waals surface area contributed by atoms with Gasteiger partial charge in [-0.3, -0.25) is 4.79 Å². The molecule has 0 aromatic rings. The number of aliphatic carboxylic acids is 1. The third-order valence-electron chi connectivity index (χ3n) is 3.63. The topological polar surface area (TPSA) is 58.6 Å². The molecule has 0 heterocycles. The fourth-order valence-electron chi connectivity index (χ4n) is 2.13. The number of carboxylic acid groups (broad SMARTS) is 1. The van der Waals surface area contributed by atoms with Crippen molar-refractivity contribution >= 4 is 5.97 Å². The summed E-state index contributed by atoms with van der Waals surface area (Å²) in [5, 5.41) is 12.0. The molecule has 4 heteroatoms. The van der Waals surface area contributed by atoms with E-state index in [1.165, 1.54) is 0 Å². The Labute approximate surface area is 104 Å². The first-order valence-electron chi connectivity index (χ1n) is 6.35. The monoisotopic (exact) mass is 243 g/mol. The van der Waals surface area contributed by atoms with E-state index in [4.69, 9.17) is 9.84 Å². The van der Waals surface area contributed by atoms with Crippen molar-refractivity contribution in [2.75, 3.05) is 6.61 Å². The number of ether oxygens (including phenoxy) is 1. The fourth-order valence-corrected chi connectivity index (χ4v) is 2.13. The lowest BCUT2D eigenvalue weighted by atomic mass is 9.64. The number of hydrogen-bond donors (Lipinski definition) is 2. The Balaban J connectivity index is 2.41. The van der Waals surface area contributed by atoms with Crippen LogP contribution in [0.25, 0.3) is 0 Å². The Bertz CT molecular complexity index is 276. The van der Waals surface area contributed by atoms with Crippen molar-refractivity contribution < 1.29 is 14.6 Å². The van der Waals surface area contributed by atoms with E-state index >= 15 is 0 Å². The molecule has 0 saturated heterocycles. The van der Waals surface area contributed by atoms with E-state index in [-0.39, 0.29) is 17.6 Å². The summed E-state index contributed by atoms with van der Waals surface area (Å²) in [6.45, 7) is 11.0. The van der Waals surface area contributed by atoms with Gasteiger partial charge in [-0.1, -0.05) is 27.7 Å². The van der Waals surface area contributed by atoms with Gasteiger partial charge in [0.15, 0.2) is 0 Å². The zero-order valence-electron chi connectivity index (χ0n) is 11.5. The third kappa shape index (κ3) is 3.42. The largest absolute Gasteiger partial charge is 0.480 e. The predicted molar refractivity (Wildman–Crippen MR) is 67.0 cm³/mol. The molecule has 0 aromatic carbocycles. The molecular formula is C13H25NO3. The number of hydrogen-bond acceptors (Lipinski definition) is 3. The Hall–Kier alpha value is -0.610. The molecule has 1 fully saturated rings. The molecule has 100 valence electrons. The molecule has 0 amide bonds. The zero-order chi connectivity index (χ0) is 13.2. The van der Waals surface area contributed by atoms with Crippen LogP contribution in [0.2, 0.25) is 0 Å². The normalized spacial score (nSPS) is 28.8. The number of rotatable bonds is 6. The Morgan fingerprint density at radius 2 is 2.06 bits per heavy atom. The van der Waals surface area contributed by atoms with E-state index in [2.05, 4.69) is 33.0 Å². The highest BCUT2D eigenvalue weighted by Crippen LogP contribution is 2.43. The van der Waals surface area contributed by atoms with Gasteiger partial charge in [0.1, 0.15) is 6.04 Å². The molecule has 0 spiro atoms. The van der Waals surface area contributed by atoms with Crippen molar-refractivity contribution in [3.63, 3.8) is 0 Å². The van der Waals surface area contributed by atoms with E-state index in [0.717, 1.165) is 13.0 Å². The molecule has 4 nitrogen and oxygen atoms in total. The van der Waals surface area contributed by atoms with Crippen LogP contribution < -0.4 is 5.32 Å². The number of carbonyl (C=O) groups is 1. The highest BCUT2D eigenvalue weighted by Gasteiger charge is 2.49. The molecule has 3 atom stereocenters. The molecular weight excluding hydrogens is 218 g/mol. The van der Waals surface area contributed by atoms with Crippen LogP contribution in [0.1, 0.15) is 41.0 Å². The average Bonchev–Trinajstić information content (AvgIpc) is 2.21. The molecule has 1 rings (SSSR count). The van der Waals surface area contributed by atoms with Gasteiger partial charge in [-0.05, 0) is 19.3 Å². The van der Waals surface area contributed by atoms with Gasteiger partial charge in [-0.2, -0.15) is 0 Å². The van der Waals surface area contributed by atoms with E-state index in [1.807, 2.05) is 0 Å². The van der Waals surface area contributed by atoms with Crippen molar-refractivity contribution in [1.29, 1.82) is 0 Å². The summed E-state index contributed by atoms with van der Waals surface area (Å²) >= 11 is 0. The van der Waals surface area contributed by atoms with E-state index in [9.17, 15) is 4.79 Å². The molecule has 0 radical (unpaired) electrons. The smallest absolute Gasteiger partial charge is 0.320 e. The lowest BCUT2D eigenvalue weighted by molar-refractivity contribution is -0.145. The minimum absolute atomic E-state index is 0.0125. The maximum Gasteiger partial charge on any atom is 0.320 e. The van der Waals surface area contributed by atoms with Crippen molar-refractivity contribution in [2.24, 2.45) is 11.3 Å². The molecule has 0 aromatic heterocycles. The molecule has 2 N–H and O–H groups in total. The maximum atomic E-state index is 10.8. The predicted octanol–water partition coefficient (Wildman–Crippen LogP) is 1.89. The van der Waals surface area contributed by atoms with Gasteiger partial charge in [-0.15, -0.1) is 0 Å². The fraction of sp³-hybridized carbons (Fsp3) is 0.923. The van der Waals surface area contributed by atoms with E-state index in [0.29, 0.717) is 5.92 Å². The minimum atomic E-state index is -0.799. The zero-order valence-corrected chi connectivity index (χ0v) is 11.5. The number of nitrogens with one attached hydrogen (secondary N) is 1. The van der Waals surface area contributed by atoms with Crippen LogP contribution >= 0.6 is 0 Å². The second-order valence-electron chi connectivity index (χ2n) is 6.05. The molecule has 1 aliphatic carbocycles. The van der Waals surface area contributed by atoms with Crippen LogP contribution in [-0.4, -0.2) is 35.9 Å². The quantitative estimate of drug-likeness (QED) is 0.748. The first kappa shape index (κ1) is 14.5. The van der Waals surface area contributed by atoms with Crippen LogP contribution in [0.15, 0.2) is 0 Å². The van der Waals surface area contributed by atoms with Gasteiger partial charge >= 0.3 is 5.97 Å². The number of carboxylic acids is 1. The van der Waals surface area contributed by atoms with E-state index in [1.54, 1.807) is 6.92 Å². The summed E-state index contributed by atoms with van der Waals surface area (Å²) in [5.74, 6) is -0.261. The highest BCUT2D eigenvalue weighted by molar-refractivity contribution is 5.72. The molecule has 1 saturated carbocycles. The van der Waals surface area contributed by atoms with Gasteiger partial charge in [-0.25, -0.2) is 0 Å². The molecule has 0 aliphatic heterocycles. The van der Waals surface area contributed by atoms with Gasteiger partial charge in [0.2, 0.25) is 0 Å². The second kappa shape index (κ2) is 5.36. The van der Waals surface area contributed by atoms with Crippen molar-refractivity contribution in [3.8, 4) is 0 Å². The van der Waals surface area contributed by atoms with Crippen LogP contribution in [0.3, 0.4) is 0 Å². The summed E-state index contributed by atoms with van der Waals surface area (Å²) in [6.07, 6.45) is 1.14. The Kier molecular flexibility index (Phi) is 4.55. The van der Waals surface area contributed by atoms with Crippen molar-refractivity contribution in [2.45, 2.75) is 59.2 Å². The van der Waals surface area contributed by atoms with Gasteiger partial charge < -0.3 is 15.2 Å². The first-order valence-corrected chi connectivity index (χ1v) is 6.35. The maximum absolute atomic E-state index is 10.8. The second-order valence-corrected chi connectivity index (χ2v) is 6.05. The summed E-state index contributed by atoms with van der Waals surface area (Å²) in [6, 6.07) is -0.268. The molecule has 1 aliphatic rings. The van der Waals surface area contributed by atoms with Crippen LogP contribution in [0.5, 0.6) is 0 Å². The summed E-state index contributed by atoms with van der Waals surface area (Å²) in [4.78, 5) is 10.8. The van der Waals surface area contributed by atoms with Crippen LogP contribution in [0, 0.1) is 11.3 Å². The highest BCUT2D eigenvalue weighted by atomic mass is 16.5. The lowest BCUT2D eigenvalue weighted by Crippen LogP contribution is -2.63. The van der Waals surface area contributed by atoms with Gasteiger partial charge in [0.25, 0.3) is 0 Å². The van der Waals surface area contributed by atoms with Crippen molar-refractivity contribution in [1.82, 2.24) is 5.32 Å². The van der Waals surface area contributed by atoms with Crippen LogP contribution in [-0.2, 0) is 9.53 Å². The van der Waals surface area contributed by atoms with E-state index < -0.39 is 12.0 Å². The SMILES string of the molecule is CC(C)COC1CC(NC(C)C(=O)O)C1(C)C. The van der Waals surface area contributed by atoms with Crippen LogP contribution in [0.4, 0.5) is 0 Å². The van der Waals surface area contributed by atoms with Crippen molar-refractivity contribution in [3.05, 3.63) is 0 Å². The molecule has 0 bridgehead atoms. The third-order valence-corrected chi connectivity index (χ3v) is 3.63.